The molecule has 0 fully saturated rings. The zero-order valence-corrected chi connectivity index (χ0v) is 13.5. The van der Waals surface area contributed by atoms with Crippen LogP contribution in [0, 0.1) is 6.92 Å². The predicted octanol–water partition coefficient (Wildman–Crippen LogP) is 3.50. The first kappa shape index (κ1) is 15.0. The minimum Gasteiger partial charge on any atom is -0.335 e. The number of nitrogens with one attached hydrogen (secondary N) is 2. The Balaban J connectivity index is 1.80. The number of carbonyl (C=O) groups is 1. The van der Waals surface area contributed by atoms with Crippen molar-refractivity contribution in [3.8, 4) is 0 Å². The van der Waals surface area contributed by atoms with Crippen LogP contribution in [-0.4, -0.2) is 17.1 Å². The second kappa shape index (κ2) is 6.85. The molecule has 2 atom stereocenters. The number of aromatic nitrogens is 1. The van der Waals surface area contributed by atoms with E-state index in [2.05, 4.69) is 32.4 Å². The summed E-state index contributed by atoms with van der Waals surface area (Å²) in [7, 11) is 0. The van der Waals surface area contributed by atoms with Gasteiger partial charge >= 0.3 is 6.03 Å². The number of hydrogen-bond donors (Lipinski definition) is 2. The van der Waals surface area contributed by atoms with Crippen LogP contribution in [0.5, 0.6) is 0 Å². The van der Waals surface area contributed by atoms with Gasteiger partial charge in [0, 0.05) is 17.1 Å². The summed E-state index contributed by atoms with van der Waals surface area (Å²) < 4.78 is 0. The van der Waals surface area contributed by atoms with Crippen LogP contribution in [0.15, 0.2) is 23.0 Å². The van der Waals surface area contributed by atoms with Gasteiger partial charge in [-0.2, -0.15) is 11.3 Å². The average Bonchev–Trinajstić information content (AvgIpc) is 3.00. The van der Waals surface area contributed by atoms with E-state index in [0.717, 1.165) is 16.3 Å². The monoisotopic (exact) mass is 309 g/mol. The molecule has 0 aliphatic rings. The van der Waals surface area contributed by atoms with E-state index in [1.165, 1.54) is 5.56 Å². The molecule has 2 N–H and O–H groups in total. The Morgan fingerprint density at radius 1 is 1.40 bits per heavy atom. The Morgan fingerprint density at radius 3 is 2.80 bits per heavy atom. The summed E-state index contributed by atoms with van der Waals surface area (Å²) in [4.78, 5) is 17.4. The Hall–Kier alpha value is -1.40. The van der Waals surface area contributed by atoms with Gasteiger partial charge in [0.1, 0.15) is 5.01 Å². The fourth-order valence-corrected chi connectivity index (χ4v) is 3.37. The first-order valence-electron chi connectivity index (χ1n) is 6.55. The lowest BCUT2D eigenvalue weighted by atomic mass is 10.1. The number of hydrogen-bond acceptors (Lipinski definition) is 4. The van der Waals surface area contributed by atoms with Crippen molar-refractivity contribution >= 4 is 28.7 Å². The van der Waals surface area contributed by atoms with Crippen LogP contribution in [0.3, 0.4) is 0 Å². The van der Waals surface area contributed by atoms with E-state index in [0.29, 0.717) is 0 Å². The normalized spacial score (nSPS) is 13.8. The van der Waals surface area contributed by atoms with Gasteiger partial charge in [-0.1, -0.05) is 0 Å². The molecule has 6 heteroatoms. The van der Waals surface area contributed by atoms with Crippen molar-refractivity contribution in [3.05, 3.63) is 38.5 Å². The van der Waals surface area contributed by atoms with Crippen molar-refractivity contribution in [2.45, 2.75) is 39.3 Å². The Morgan fingerprint density at radius 2 is 2.20 bits per heavy atom. The first-order chi connectivity index (χ1) is 9.54. The number of thiazole rings is 1. The third kappa shape index (κ3) is 4.31. The van der Waals surface area contributed by atoms with Crippen molar-refractivity contribution in [3.63, 3.8) is 0 Å². The maximum atomic E-state index is 11.9. The maximum absolute atomic E-state index is 11.9. The lowest BCUT2D eigenvalue weighted by Crippen LogP contribution is -2.42. The zero-order chi connectivity index (χ0) is 14.5. The van der Waals surface area contributed by atoms with Gasteiger partial charge in [-0.3, -0.25) is 0 Å². The molecule has 2 amide bonds. The number of nitrogens with zero attached hydrogens (tertiary/aromatic N) is 1. The van der Waals surface area contributed by atoms with E-state index >= 15 is 0 Å². The topological polar surface area (TPSA) is 54.0 Å². The predicted molar refractivity (Wildman–Crippen MR) is 84.4 cm³/mol. The molecule has 108 valence electrons. The summed E-state index contributed by atoms with van der Waals surface area (Å²) >= 11 is 3.28. The lowest BCUT2D eigenvalue weighted by molar-refractivity contribution is 0.234. The Labute approximate surface area is 127 Å². The summed E-state index contributed by atoms with van der Waals surface area (Å²) in [5, 5.41) is 11.0. The van der Waals surface area contributed by atoms with Gasteiger partial charge in [-0.25, -0.2) is 9.78 Å². The molecule has 2 heterocycles. The smallest absolute Gasteiger partial charge is 0.315 e. The fraction of sp³-hybridized carbons (Fsp3) is 0.429. The molecule has 0 radical (unpaired) electrons. The molecular weight excluding hydrogens is 290 g/mol. The number of amides is 2. The van der Waals surface area contributed by atoms with Crippen molar-refractivity contribution < 1.29 is 4.79 Å². The number of urea groups is 1. The van der Waals surface area contributed by atoms with E-state index in [9.17, 15) is 4.79 Å². The van der Waals surface area contributed by atoms with E-state index < -0.39 is 0 Å². The molecular formula is C14H19N3OS2. The number of rotatable bonds is 5. The summed E-state index contributed by atoms with van der Waals surface area (Å²) in [6.45, 7) is 5.97. The molecule has 0 saturated heterocycles. The fourth-order valence-electron chi connectivity index (χ4n) is 1.91. The van der Waals surface area contributed by atoms with Crippen LogP contribution in [0.1, 0.15) is 35.3 Å². The van der Waals surface area contributed by atoms with E-state index in [4.69, 9.17) is 0 Å². The molecule has 0 saturated carbocycles. The van der Waals surface area contributed by atoms with Crippen LogP contribution >= 0.6 is 22.7 Å². The van der Waals surface area contributed by atoms with Crippen molar-refractivity contribution in [1.82, 2.24) is 15.6 Å². The van der Waals surface area contributed by atoms with Gasteiger partial charge in [0.05, 0.1) is 6.04 Å². The van der Waals surface area contributed by atoms with E-state index in [-0.39, 0.29) is 18.1 Å². The highest BCUT2D eigenvalue weighted by Crippen LogP contribution is 2.18. The molecule has 0 aliphatic carbocycles. The largest absolute Gasteiger partial charge is 0.335 e. The quantitative estimate of drug-likeness (QED) is 0.888. The number of carbonyl (C=O) groups excluding carboxylic acids is 1. The van der Waals surface area contributed by atoms with Crippen molar-refractivity contribution in [2.75, 3.05) is 0 Å². The summed E-state index contributed by atoms with van der Waals surface area (Å²) in [5.41, 5.74) is 1.26. The molecule has 20 heavy (non-hydrogen) atoms. The van der Waals surface area contributed by atoms with Crippen LogP contribution in [0.4, 0.5) is 4.79 Å². The minimum atomic E-state index is -0.145. The molecule has 2 aromatic rings. The van der Waals surface area contributed by atoms with Crippen LogP contribution in [-0.2, 0) is 6.42 Å². The summed E-state index contributed by atoms with van der Waals surface area (Å²) in [5.74, 6) is 0. The molecule has 0 spiro atoms. The highest BCUT2D eigenvalue weighted by Gasteiger charge is 2.14. The SMILES string of the molecule is Cc1cnc([C@@H](C)NC(=O)N[C@H](C)Cc2ccsc2)s1. The Kier molecular flexibility index (Phi) is 5.14. The van der Waals surface area contributed by atoms with Gasteiger partial charge in [0.2, 0.25) is 0 Å². The average molecular weight is 309 g/mol. The van der Waals surface area contributed by atoms with Crippen LogP contribution < -0.4 is 10.6 Å². The third-order valence-corrected chi connectivity index (χ3v) is 4.68. The second-order valence-corrected chi connectivity index (χ2v) is 6.93. The van der Waals surface area contributed by atoms with Crippen molar-refractivity contribution in [1.29, 1.82) is 0 Å². The zero-order valence-electron chi connectivity index (χ0n) is 11.8. The summed E-state index contributed by atoms with van der Waals surface area (Å²) in [6.07, 6.45) is 2.68. The van der Waals surface area contributed by atoms with Gasteiger partial charge in [0.25, 0.3) is 0 Å². The Bertz CT molecular complexity index is 551. The van der Waals surface area contributed by atoms with Gasteiger partial charge in [0.15, 0.2) is 0 Å². The molecule has 2 rings (SSSR count). The highest BCUT2D eigenvalue weighted by atomic mass is 32.1. The second-order valence-electron chi connectivity index (χ2n) is 4.89. The third-order valence-electron chi connectivity index (χ3n) is 2.86. The molecule has 4 nitrogen and oxygen atoms in total. The minimum absolute atomic E-state index is 0.0675. The number of thiophene rings is 1. The molecule has 0 unspecified atom stereocenters. The van der Waals surface area contributed by atoms with Gasteiger partial charge in [-0.15, -0.1) is 11.3 Å². The van der Waals surface area contributed by atoms with Crippen molar-refractivity contribution in [2.24, 2.45) is 0 Å². The van der Waals surface area contributed by atoms with E-state index in [1.807, 2.05) is 27.0 Å². The highest BCUT2D eigenvalue weighted by molar-refractivity contribution is 7.11. The first-order valence-corrected chi connectivity index (χ1v) is 8.31. The van der Waals surface area contributed by atoms with E-state index in [1.54, 1.807) is 22.7 Å². The number of aryl methyl sites for hydroxylation is 1. The standard InChI is InChI=1S/C14H19N3OS2/c1-9(6-12-4-5-19-8-12)16-14(18)17-11(3)13-15-7-10(2)20-13/h4-5,7-9,11H,6H2,1-3H3,(H2,16,17,18)/t9-,11-/m1/s1. The van der Waals surface area contributed by atoms with Gasteiger partial charge < -0.3 is 10.6 Å². The van der Waals surface area contributed by atoms with Crippen LogP contribution in [0.2, 0.25) is 0 Å². The summed E-state index contributed by atoms with van der Waals surface area (Å²) in [6, 6.07) is 1.98. The van der Waals surface area contributed by atoms with Gasteiger partial charge in [-0.05, 0) is 49.6 Å². The maximum Gasteiger partial charge on any atom is 0.315 e. The molecule has 0 aliphatic heterocycles. The molecule has 0 aromatic carbocycles. The molecule has 0 bridgehead atoms. The lowest BCUT2D eigenvalue weighted by Gasteiger charge is -2.16. The van der Waals surface area contributed by atoms with Crippen LogP contribution in [0.25, 0.3) is 0 Å². The molecule has 2 aromatic heterocycles.